The molecule has 5 heteroatoms. The average molecular weight is 251 g/mol. The van der Waals surface area contributed by atoms with Gasteiger partial charge >= 0.3 is 5.97 Å². The van der Waals surface area contributed by atoms with Crippen molar-refractivity contribution in [1.82, 2.24) is 4.98 Å². The third-order valence-corrected chi connectivity index (χ3v) is 2.84. The topological polar surface area (TPSA) is 88.2 Å². The molecule has 0 aliphatic carbocycles. The number of hydrogen-bond donors (Lipinski definition) is 3. The summed E-state index contributed by atoms with van der Waals surface area (Å²) in [5.41, 5.74) is 6.07. The predicted octanol–water partition coefficient (Wildman–Crippen LogP) is 2.74. The van der Waals surface area contributed by atoms with Gasteiger partial charge in [0.2, 0.25) is 0 Å². The fourth-order valence-electron chi connectivity index (χ4n) is 1.78. The van der Waals surface area contributed by atoms with Gasteiger partial charge in [-0.2, -0.15) is 0 Å². The number of nitrogens with two attached hydrogens (primary N) is 1. The first-order valence-electron chi connectivity index (χ1n) is 6.30. The van der Waals surface area contributed by atoms with Crippen LogP contribution in [0.2, 0.25) is 0 Å². The van der Waals surface area contributed by atoms with Crippen molar-refractivity contribution in [2.24, 2.45) is 0 Å². The number of aromatic nitrogens is 1. The second-order valence-electron chi connectivity index (χ2n) is 4.47. The summed E-state index contributed by atoms with van der Waals surface area (Å²) in [6, 6.07) is 1.64. The molecule has 0 aromatic carbocycles. The molecule has 4 N–H and O–H groups in total. The van der Waals surface area contributed by atoms with Crippen LogP contribution in [0.15, 0.2) is 12.3 Å². The Hall–Kier alpha value is -1.78. The maximum Gasteiger partial charge on any atom is 0.337 e. The number of nitrogen functional groups attached to an aromatic ring is 1. The molecule has 0 fully saturated rings. The Bertz CT molecular complexity index is 407. The van der Waals surface area contributed by atoms with Crippen LogP contribution in [-0.4, -0.2) is 22.1 Å². The number of anilines is 2. The van der Waals surface area contributed by atoms with E-state index < -0.39 is 5.97 Å². The molecule has 1 rings (SSSR count). The summed E-state index contributed by atoms with van der Waals surface area (Å²) >= 11 is 0. The van der Waals surface area contributed by atoms with Gasteiger partial charge in [-0.1, -0.05) is 26.2 Å². The third kappa shape index (κ3) is 3.91. The Morgan fingerprint density at radius 3 is 2.89 bits per heavy atom. The smallest absolute Gasteiger partial charge is 0.337 e. The van der Waals surface area contributed by atoms with Gasteiger partial charge in [0.15, 0.2) is 0 Å². The summed E-state index contributed by atoms with van der Waals surface area (Å²) < 4.78 is 0. The molecular formula is C13H21N3O2. The van der Waals surface area contributed by atoms with E-state index in [4.69, 9.17) is 10.8 Å². The SMILES string of the molecule is CCCCCC(C)Nc1nccc(C(=O)O)c1N. The maximum absolute atomic E-state index is 10.9. The van der Waals surface area contributed by atoms with E-state index >= 15 is 0 Å². The van der Waals surface area contributed by atoms with Crippen LogP contribution < -0.4 is 11.1 Å². The quantitative estimate of drug-likeness (QED) is 0.648. The summed E-state index contributed by atoms with van der Waals surface area (Å²) in [5.74, 6) is -0.574. The van der Waals surface area contributed by atoms with E-state index in [-0.39, 0.29) is 17.3 Å². The Kier molecular flexibility index (Phi) is 5.42. The van der Waals surface area contributed by atoms with Gasteiger partial charge in [-0.3, -0.25) is 0 Å². The van der Waals surface area contributed by atoms with Crippen molar-refractivity contribution < 1.29 is 9.90 Å². The van der Waals surface area contributed by atoms with E-state index in [1.807, 2.05) is 6.92 Å². The minimum atomic E-state index is -1.03. The summed E-state index contributed by atoms with van der Waals surface area (Å²) in [6.45, 7) is 4.21. The van der Waals surface area contributed by atoms with E-state index in [1.54, 1.807) is 0 Å². The van der Waals surface area contributed by atoms with Crippen LogP contribution in [0, 0.1) is 0 Å². The Balaban J connectivity index is 2.67. The number of carbonyl (C=O) groups is 1. The fourth-order valence-corrected chi connectivity index (χ4v) is 1.78. The first-order chi connectivity index (χ1) is 8.56. The zero-order valence-corrected chi connectivity index (χ0v) is 10.9. The average Bonchev–Trinajstić information content (AvgIpc) is 2.32. The minimum Gasteiger partial charge on any atom is -0.478 e. The van der Waals surface area contributed by atoms with Crippen LogP contribution in [0.25, 0.3) is 0 Å². The van der Waals surface area contributed by atoms with Crippen LogP contribution in [0.1, 0.15) is 49.9 Å². The molecule has 0 aliphatic heterocycles. The van der Waals surface area contributed by atoms with Gasteiger partial charge < -0.3 is 16.2 Å². The lowest BCUT2D eigenvalue weighted by atomic mass is 10.1. The zero-order chi connectivity index (χ0) is 13.5. The first kappa shape index (κ1) is 14.3. The molecule has 1 aromatic heterocycles. The van der Waals surface area contributed by atoms with E-state index in [1.165, 1.54) is 25.1 Å². The van der Waals surface area contributed by atoms with E-state index in [9.17, 15) is 4.79 Å². The molecule has 1 unspecified atom stereocenters. The summed E-state index contributed by atoms with van der Waals surface area (Å²) in [7, 11) is 0. The molecule has 1 aromatic rings. The van der Waals surface area contributed by atoms with Gasteiger partial charge in [0.1, 0.15) is 5.82 Å². The molecule has 1 atom stereocenters. The summed E-state index contributed by atoms with van der Waals surface area (Å²) in [6.07, 6.45) is 6.00. The van der Waals surface area contributed by atoms with Gasteiger partial charge in [0.05, 0.1) is 11.3 Å². The van der Waals surface area contributed by atoms with Crippen LogP contribution in [0.4, 0.5) is 11.5 Å². The number of carboxylic acids is 1. The van der Waals surface area contributed by atoms with Gasteiger partial charge in [0.25, 0.3) is 0 Å². The largest absolute Gasteiger partial charge is 0.478 e. The second kappa shape index (κ2) is 6.83. The zero-order valence-electron chi connectivity index (χ0n) is 10.9. The number of aromatic carboxylic acids is 1. The normalized spacial score (nSPS) is 12.1. The molecule has 0 amide bonds. The molecule has 0 saturated carbocycles. The molecular weight excluding hydrogens is 230 g/mol. The van der Waals surface area contributed by atoms with E-state index in [0.717, 1.165) is 12.8 Å². The number of carboxylic acid groups (broad SMARTS) is 1. The Morgan fingerprint density at radius 2 is 2.28 bits per heavy atom. The Morgan fingerprint density at radius 1 is 1.56 bits per heavy atom. The van der Waals surface area contributed by atoms with Crippen molar-refractivity contribution in [1.29, 1.82) is 0 Å². The molecule has 0 radical (unpaired) electrons. The number of nitrogens with one attached hydrogen (secondary N) is 1. The van der Waals surface area contributed by atoms with Gasteiger partial charge in [0, 0.05) is 12.2 Å². The standard InChI is InChI=1S/C13H21N3O2/c1-3-4-5-6-9(2)16-12-11(14)10(13(17)18)7-8-15-12/h7-9H,3-6,14H2,1-2H3,(H,15,16)(H,17,18). The van der Waals surface area contributed by atoms with Crippen molar-refractivity contribution in [3.05, 3.63) is 17.8 Å². The van der Waals surface area contributed by atoms with Crippen molar-refractivity contribution in [3.63, 3.8) is 0 Å². The van der Waals surface area contributed by atoms with Crippen LogP contribution in [-0.2, 0) is 0 Å². The fraction of sp³-hybridized carbons (Fsp3) is 0.538. The highest BCUT2D eigenvalue weighted by molar-refractivity contribution is 5.96. The molecule has 0 spiro atoms. The third-order valence-electron chi connectivity index (χ3n) is 2.84. The van der Waals surface area contributed by atoms with E-state index in [2.05, 4.69) is 17.2 Å². The highest BCUT2D eigenvalue weighted by Gasteiger charge is 2.13. The Labute approximate surface area is 107 Å². The number of nitrogens with zero attached hydrogens (tertiary/aromatic N) is 1. The molecule has 0 aliphatic rings. The monoisotopic (exact) mass is 251 g/mol. The molecule has 1 heterocycles. The highest BCUT2D eigenvalue weighted by Crippen LogP contribution is 2.21. The van der Waals surface area contributed by atoms with Gasteiger partial charge in [-0.05, 0) is 19.4 Å². The van der Waals surface area contributed by atoms with Gasteiger partial charge in [-0.25, -0.2) is 9.78 Å². The molecule has 5 nitrogen and oxygen atoms in total. The lowest BCUT2D eigenvalue weighted by Gasteiger charge is -2.16. The lowest BCUT2D eigenvalue weighted by Crippen LogP contribution is -2.18. The van der Waals surface area contributed by atoms with E-state index in [0.29, 0.717) is 5.82 Å². The highest BCUT2D eigenvalue weighted by atomic mass is 16.4. The first-order valence-corrected chi connectivity index (χ1v) is 6.30. The lowest BCUT2D eigenvalue weighted by molar-refractivity contribution is 0.0698. The molecule has 0 saturated heterocycles. The second-order valence-corrected chi connectivity index (χ2v) is 4.47. The van der Waals surface area contributed by atoms with Crippen LogP contribution in [0.3, 0.4) is 0 Å². The van der Waals surface area contributed by atoms with Crippen LogP contribution in [0.5, 0.6) is 0 Å². The number of rotatable bonds is 7. The van der Waals surface area contributed by atoms with Gasteiger partial charge in [-0.15, -0.1) is 0 Å². The number of hydrogen-bond acceptors (Lipinski definition) is 4. The number of pyridine rings is 1. The van der Waals surface area contributed by atoms with Crippen LogP contribution >= 0.6 is 0 Å². The molecule has 100 valence electrons. The molecule has 0 bridgehead atoms. The molecule has 18 heavy (non-hydrogen) atoms. The minimum absolute atomic E-state index is 0.0910. The van der Waals surface area contributed by atoms with Crippen molar-refractivity contribution in [2.75, 3.05) is 11.1 Å². The van der Waals surface area contributed by atoms with Crippen molar-refractivity contribution in [2.45, 2.75) is 45.6 Å². The predicted molar refractivity (Wildman–Crippen MR) is 72.8 cm³/mol. The van der Waals surface area contributed by atoms with Crippen molar-refractivity contribution >= 4 is 17.5 Å². The summed E-state index contributed by atoms with van der Waals surface area (Å²) in [5, 5.41) is 12.1. The van der Waals surface area contributed by atoms with Crippen molar-refractivity contribution in [3.8, 4) is 0 Å². The maximum atomic E-state index is 10.9. The number of unbranched alkanes of at least 4 members (excludes halogenated alkanes) is 2. The summed E-state index contributed by atoms with van der Waals surface area (Å²) in [4.78, 5) is 15.0.